The smallest absolute Gasteiger partial charge is 0.00928 e. The minimum absolute atomic E-state index is 0.957. The molecule has 0 bridgehead atoms. The molecule has 260 valence electrons. The van der Waals surface area contributed by atoms with Gasteiger partial charge in [0, 0.05) is 0 Å². The molecule has 0 nitrogen and oxygen atoms in total. The molecular formula is C53H48. The average molecular weight is 685 g/mol. The van der Waals surface area contributed by atoms with Crippen molar-refractivity contribution in [2.24, 2.45) is 0 Å². The summed E-state index contributed by atoms with van der Waals surface area (Å²) in [5, 5.41) is 7.75. The molecule has 0 heteroatoms. The molecule has 0 fully saturated rings. The number of allylic oxidation sites excluding steroid dienone is 2. The number of terminal acetylenes is 1. The maximum absolute atomic E-state index is 4.40. The third-order valence-corrected chi connectivity index (χ3v) is 9.59. The molecule has 8 rings (SSSR count). The first-order valence-corrected chi connectivity index (χ1v) is 18.4. The van der Waals surface area contributed by atoms with Crippen LogP contribution in [0.5, 0.6) is 0 Å². The van der Waals surface area contributed by atoms with Crippen molar-refractivity contribution in [1.82, 2.24) is 0 Å². The van der Waals surface area contributed by atoms with Crippen LogP contribution >= 0.6 is 0 Å². The lowest BCUT2D eigenvalue weighted by atomic mass is 9.89. The van der Waals surface area contributed by atoms with Crippen molar-refractivity contribution in [3.05, 3.63) is 205 Å². The van der Waals surface area contributed by atoms with E-state index in [1.165, 1.54) is 65.7 Å². The predicted octanol–water partition coefficient (Wildman–Crippen LogP) is 15.0. The van der Waals surface area contributed by atoms with E-state index < -0.39 is 0 Å². The Morgan fingerprint density at radius 3 is 1.47 bits per heavy atom. The van der Waals surface area contributed by atoms with Crippen LogP contribution in [0.1, 0.15) is 43.0 Å². The Labute approximate surface area is 316 Å². The molecule has 0 atom stereocenters. The van der Waals surface area contributed by atoms with Crippen LogP contribution in [-0.2, 0) is 6.42 Å². The Morgan fingerprint density at radius 1 is 0.434 bits per heavy atom. The zero-order chi connectivity index (χ0) is 37.7. The van der Waals surface area contributed by atoms with Gasteiger partial charge in [-0.1, -0.05) is 192 Å². The highest BCUT2D eigenvalue weighted by molar-refractivity contribution is 6.25. The fourth-order valence-electron chi connectivity index (χ4n) is 6.79. The summed E-state index contributed by atoms with van der Waals surface area (Å²) in [4.78, 5) is 0. The van der Waals surface area contributed by atoms with E-state index >= 15 is 0 Å². The van der Waals surface area contributed by atoms with Gasteiger partial charge in [0.05, 0.1) is 0 Å². The van der Waals surface area contributed by atoms with E-state index in [0.717, 1.165) is 28.7 Å². The van der Waals surface area contributed by atoms with Crippen LogP contribution in [0.15, 0.2) is 183 Å². The van der Waals surface area contributed by atoms with Gasteiger partial charge < -0.3 is 0 Å². The Kier molecular flexibility index (Phi) is 13.0. The second kappa shape index (κ2) is 18.2. The van der Waals surface area contributed by atoms with Crippen LogP contribution in [0.2, 0.25) is 0 Å². The van der Waals surface area contributed by atoms with Crippen molar-refractivity contribution in [3.63, 3.8) is 0 Å². The molecule has 0 amide bonds. The monoisotopic (exact) mass is 684 g/mol. The molecule has 0 radical (unpaired) electrons. The molecule has 8 aromatic carbocycles. The van der Waals surface area contributed by atoms with E-state index in [1.807, 2.05) is 19.9 Å². The van der Waals surface area contributed by atoms with Gasteiger partial charge in [-0.05, 0) is 113 Å². The lowest BCUT2D eigenvalue weighted by Gasteiger charge is -2.15. The fraction of sp³-hybridized carbons (Fsp3) is 0.0943. The molecule has 0 aliphatic heterocycles. The Hall–Kier alpha value is -6.42. The van der Waals surface area contributed by atoms with Crippen LogP contribution in [0.4, 0.5) is 0 Å². The largest absolute Gasteiger partial charge is 0.124 e. The average Bonchev–Trinajstić information content (AvgIpc) is 3.25. The molecule has 0 saturated heterocycles. The van der Waals surface area contributed by atoms with Crippen molar-refractivity contribution in [2.75, 3.05) is 0 Å². The normalized spacial score (nSPS) is 10.2. The number of hydrogen-bond acceptors (Lipinski definition) is 0. The summed E-state index contributed by atoms with van der Waals surface area (Å²) in [6.45, 7) is 17.1. The summed E-state index contributed by atoms with van der Waals surface area (Å²) in [6, 6.07) is 60.5. The Bertz CT molecular complexity index is 2460. The fourth-order valence-corrected chi connectivity index (χ4v) is 6.79. The highest BCUT2D eigenvalue weighted by atomic mass is 14.2. The SMILES string of the molecule is C#C.C=C(C(=C)c1ccccc1C)c1cccc(-c2ccc3c4ccccc4c4ccccc4c3c2)c1.CC.CCc1ccc(-c2ccccc2)cc1. The van der Waals surface area contributed by atoms with Crippen LogP contribution in [0, 0.1) is 19.8 Å². The van der Waals surface area contributed by atoms with Crippen LogP contribution in [0.3, 0.4) is 0 Å². The molecule has 8 aromatic rings. The van der Waals surface area contributed by atoms with Gasteiger partial charge in [0.15, 0.2) is 0 Å². The van der Waals surface area contributed by atoms with E-state index in [0.29, 0.717) is 0 Å². The van der Waals surface area contributed by atoms with Gasteiger partial charge in [0.25, 0.3) is 0 Å². The topological polar surface area (TPSA) is 0 Å². The third-order valence-electron chi connectivity index (χ3n) is 9.59. The molecule has 53 heavy (non-hydrogen) atoms. The lowest BCUT2D eigenvalue weighted by Crippen LogP contribution is -1.92. The van der Waals surface area contributed by atoms with Gasteiger partial charge in [0.2, 0.25) is 0 Å². The first-order chi connectivity index (χ1) is 26.0. The van der Waals surface area contributed by atoms with E-state index in [4.69, 9.17) is 0 Å². The Balaban J connectivity index is 0.000000251. The van der Waals surface area contributed by atoms with Gasteiger partial charge in [0.1, 0.15) is 0 Å². The summed E-state index contributed by atoms with van der Waals surface area (Å²) in [5.41, 5.74) is 11.7. The molecule has 0 aliphatic carbocycles. The van der Waals surface area contributed by atoms with Crippen molar-refractivity contribution in [1.29, 1.82) is 0 Å². The first kappa shape index (κ1) is 37.8. The zero-order valence-corrected chi connectivity index (χ0v) is 31.4. The van der Waals surface area contributed by atoms with E-state index in [9.17, 15) is 0 Å². The summed E-state index contributed by atoms with van der Waals surface area (Å²) in [5.74, 6) is 0. The zero-order valence-electron chi connectivity index (χ0n) is 31.4. The first-order valence-electron chi connectivity index (χ1n) is 18.4. The number of hydrogen-bond donors (Lipinski definition) is 0. The van der Waals surface area contributed by atoms with Gasteiger partial charge >= 0.3 is 0 Å². The number of aryl methyl sites for hydroxylation is 2. The summed E-state index contributed by atoms with van der Waals surface area (Å²) in [7, 11) is 0. The van der Waals surface area contributed by atoms with Crippen LogP contribution in [-0.4, -0.2) is 0 Å². The Morgan fingerprint density at radius 2 is 0.887 bits per heavy atom. The number of benzene rings is 8. The van der Waals surface area contributed by atoms with Gasteiger partial charge in [-0.15, -0.1) is 12.8 Å². The van der Waals surface area contributed by atoms with Crippen molar-refractivity contribution < 1.29 is 0 Å². The molecule has 0 unspecified atom stereocenters. The van der Waals surface area contributed by atoms with Gasteiger partial charge in [-0.25, -0.2) is 0 Å². The van der Waals surface area contributed by atoms with Gasteiger partial charge in [-0.2, -0.15) is 0 Å². The number of rotatable bonds is 6. The summed E-state index contributed by atoms with van der Waals surface area (Å²) >= 11 is 0. The second-order valence-electron chi connectivity index (χ2n) is 12.6. The molecule has 0 heterocycles. The van der Waals surface area contributed by atoms with Crippen molar-refractivity contribution in [3.8, 4) is 35.1 Å². The van der Waals surface area contributed by atoms with E-state index in [1.54, 1.807) is 0 Å². The van der Waals surface area contributed by atoms with E-state index in [2.05, 4.69) is 204 Å². The molecule has 0 aliphatic rings. The molecule has 0 spiro atoms. The summed E-state index contributed by atoms with van der Waals surface area (Å²) < 4.78 is 0. The molecule has 0 saturated carbocycles. The molecule has 0 aromatic heterocycles. The minimum Gasteiger partial charge on any atom is -0.124 e. The molecular weight excluding hydrogens is 637 g/mol. The van der Waals surface area contributed by atoms with Crippen LogP contribution < -0.4 is 0 Å². The van der Waals surface area contributed by atoms with Crippen LogP contribution in [0.25, 0.3) is 65.7 Å². The summed E-state index contributed by atoms with van der Waals surface area (Å²) in [6.07, 6.45) is 9.11. The van der Waals surface area contributed by atoms with Crippen molar-refractivity contribution >= 4 is 43.5 Å². The van der Waals surface area contributed by atoms with Gasteiger partial charge in [-0.3, -0.25) is 0 Å². The third kappa shape index (κ3) is 8.39. The van der Waals surface area contributed by atoms with Crippen molar-refractivity contribution in [2.45, 2.75) is 34.1 Å². The standard InChI is InChI=1S/C35H26.C14H14.C2H6.C2H2/c1-23-11-4-5-14-29(23)25(3)24(2)26-12-10-13-27(21-26)28-19-20-34-32-17-7-6-15-30(32)31-16-8-9-18-33(31)35(34)22-28;1-2-12-8-10-14(11-9-12)13-6-4-3-5-7-13;2*1-2/h4-22H,2-3H2,1H3;3-11H,2H2,1H3;1-2H3;1-2H. The highest BCUT2D eigenvalue weighted by Crippen LogP contribution is 2.38. The molecule has 0 N–H and O–H groups in total. The lowest BCUT2D eigenvalue weighted by molar-refractivity contribution is 1.14. The minimum atomic E-state index is 0.957. The van der Waals surface area contributed by atoms with E-state index in [-0.39, 0.29) is 0 Å². The predicted molar refractivity (Wildman–Crippen MR) is 236 cm³/mol. The quantitative estimate of drug-likeness (QED) is 0.0929. The highest BCUT2D eigenvalue weighted by Gasteiger charge is 2.12. The second-order valence-corrected chi connectivity index (χ2v) is 12.6. The number of fused-ring (bicyclic) bond motifs is 6. The maximum Gasteiger partial charge on any atom is -0.00928 e. The maximum atomic E-state index is 4.40.